The Balaban J connectivity index is 1.45. The molecule has 1 N–H and O–H groups in total. The van der Waals surface area contributed by atoms with Crippen molar-refractivity contribution in [3.63, 3.8) is 0 Å². The summed E-state index contributed by atoms with van der Waals surface area (Å²) in [6.07, 6.45) is 5.80. The number of fused-ring (bicyclic) bond motifs is 1. The van der Waals surface area contributed by atoms with E-state index in [-0.39, 0.29) is 17.8 Å². The molecule has 0 saturated carbocycles. The third-order valence-corrected chi connectivity index (χ3v) is 5.06. The van der Waals surface area contributed by atoms with E-state index in [0.29, 0.717) is 12.2 Å². The third-order valence-electron chi connectivity index (χ3n) is 5.06. The lowest BCUT2D eigenvalue weighted by Crippen LogP contribution is -2.45. The maximum absolute atomic E-state index is 13.3. The highest BCUT2D eigenvalue weighted by atomic mass is 19.1. The number of benzene rings is 1. The second kappa shape index (κ2) is 6.86. The molecule has 1 aliphatic carbocycles. The molecule has 4 rings (SSSR count). The van der Waals surface area contributed by atoms with E-state index in [0.717, 1.165) is 62.1 Å². The van der Waals surface area contributed by atoms with Crippen molar-refractivity contribution in [2.24, 2.45) is 0 Å². The molecule has 0 spiro atoms. The number of likely N-dealkylation sites (tertiary alicyclic amines) is 1. The molecule has 6 heteroatoms. The van der Waals surface area contributed by atoms with E-state index in [2.05, 4.69) is 10.5 Å². The molecular weight excluding hydrogens is 321 g/mol. The van der Waals surface area contributed by atoms with Crippen LogP contribution in [-0.2, 0) is 12.8 Å². The monoisotopic (exact) mass is 343 g/mol. The number of carbonyl (C=O) groups excluding carboxylic acids is 1. The first-order valence-corrected chi connectivity index (χ1v) is 8.99. The lowest BCUT2D eigenvalue weighted by Gasteiger charge is -2.33. The topological polar surface area (TPSA) is 58.4 Å². The molecule has 1 saturated heterocycles. The van der Waals surface area contributed by atoms with Crippen LogP contribution in [0.3, 0.4) is 0 Å². The number of anilines is 1. The first kappa shape index (κ1) is 16.1. The summed E-state index contributed by atoms with van der Waals surface area (Å²) in [5, 5.41) is 7.39. The van der Waals surface area contributed by atoms with E-state index in [4.69, 9.17) is 4.52 Å². The number of aromatic nitrogens is 1. The largest absolute Gasteiger partial charge is 0.380 e. The Labute approximate surface area is 146 Å². The van der Waals surface area contributed by atoms with Gasteiger partial charge in [-0.15, -0.1) is 0 Å². The summed E-state index contributed by atoms with van der Waals surface area (Å²) in [7, 11) is 0. The minimum atomic E-state index is -0.261. The van der Waals surface area contributed by atoms with Gasteiger partial charge in [-0.25, -0.2) is 4.39 Å². The van der Waals surface area contributed by atoms with Crippen molar-refractivity contribution in [2.45, 2.75) is 44.6 Å². The number of halogens is 1. The fraction of sp³-hybridized carbons (Fsp3) is 0.474. The normalized spacial score (nSPS) is 20.2. The number of hydrogen-bond acceptors (Lipinski definition) is 4. The molecule has 0 bridgehead atoms. The molecule has 1 aromatic carbocycles. The van der Waals surface area contributed by atoms with Crippen LogP contribution in [0.4, 0.5) is 10.1 Å². The van der Waals surface area contributed by atoms with E-state index in [1.165, 1.54) is 12.1 Å². The molecule has 0 radical (unpaired) electrons. The zero-order chi connectivity index (χ0) is 17.2. The molecule has 2 heterocycles. The number of nitrogens with one attached hydrogen (secondary N) is 1. The summed E-state index contributed by atoms with van der Waals surface area (Å²) >= 11 is 0. The van der Waals surface area contributed by atoms with Crippen LogP contribution >= 0.6 is 0 Å². The highest BCUT2D eigenvalue weighted by Crippen LogP contribution is 2.26. The Morgan fingerprint density at radius 3 is 3.04 bits per heavy atom. The summed E-state index contributed by atoms with van der Waals surface area (Å²) < 4.78 is 18.7. The maximum atomic E-state index is 13.3. The summed E-state index contributed by atoms with van der Waals surface area (Å²) in [4.78, 5) is 14.7. The van der Waals surface area contributed by atoms with E-state index >= 15 is 0 Å². The van der Waals surface area contributed by atoms with Crippen molar-refractivity contribution >= 4 is 11.6 Å². The van der Waals surface area contributed by atoms with Gasteiger partial charge in [-0.2, -0.15) is 0 Å². The summed E-state index contributed by atoms with van der Waals surface area (Å²) in [5.41, 5.74) is 2.23. The van der Waals surface area contributed by atoms with Crippen LogP contribution in [0.2, 0.25) is 0 Å². The molecule has 2 aliphatic rings. The van der Waals surface area contributed by atoms with Gasteiger partial charge >= 0.3 is 0 Å². The third kappa shape index (κ3) is 3.38. The summed E-state index contributed by atoms with van der Waals surface area (Å²) in [5.74, 6) is 0.571. The molecule has 5 nitrogen and oxygen atoms in total. The van der Waals surface area contributed by atoms with Crippen LogP contribution in [0.25, 0.3) is 0 Å². The average Bonchev–Trinajstić information content (AvgIpc) is 3.05. The van der Waals surface area contributed by atoms with Crippen molar-refractivity contribution in [1.82, 2.24) is 10.1 Å². The Hall–Kier alpha value is -2.37. The quantitative estimate of drug-likeness (QED) is 0.928. The molecule has 25 heavy (non-hydrogen) atoms. The summed E-state index contributed by atoms with van der Waals surface area (Å²) in [6, 6.07) is 6.55. The van der Waals surface area contributed by atoms with E-state index < -0.39 is 0 Å². The zero-order valence-corrected chi connectivity index (χ0v) is 14.1. The fourth-order valence-electron chi connectivity index (χ4n) is 3.80. The number of aryl methyl sites for hydroxylation is 1. The predicted molar refractivity (Wildman–Crippen MR) is 92.1 cm³/mol. The van der Waals surface area contributed by atoms with Crippen LogP contribution < -0.4 is 5.32 Å². The van der Waals surface area contributed by atoms with Crippen LogP contribution in [0.1, 0.15) is 47.5 Å². The predicted octanol–water partition coefficient (Wildman–Crippen LogP) is 3.41. The molecular formula is C19H22FN3O2. The molecule has 1 unspecified atom stereocenters. The van der Waals surface area contributed by atoms with Gasteiger partial charge in [0.2, 0.25) is 0 Å². The second-order valence-electron chi connectivity index (χ2n) is 6.89. The van der Waals surface area contributed by atoms with Crippen molar-refractivity contribution in [1.29, 1.82) is 0 Å². The smallest absolute Gasteiger partial charge is 0.276 e. The second-order valence-corrected chi connectivity index (χ2v) is 6.89. The van der Waals surface area contributed by atoms with Crippen LogP contribution in [0.5, 0.6) is 0 Å². The highest BCUT2D eigenvalue weighted by molar-refractivity contribution is 5.94. The molecule has 2 aromatic rings. The Kier molecular flexibility index (Phi) is 4.42. The molecule has 1 aliphatic heterocycles. The highest BCUT2D eigenvalue weighted by Gasteiger charge is 2.30. The minimum Gasteiger partial charge on any atom is -0.380 e. The molecule has 1 aromatic heterocycles. The van der Waals surface area contributed by atoms with Crippen molar-refractivity contribution < 1.29 is 13.7 Å². The first-order chi connectivity index (χ1) is 12.2. The van der Waals surface area contributed by atoms with Crippen molar-refractivity contribution in [2.75, 3.05) is 18.4 Å². The number of rotatable bonds is 3. The van der Waals surface area contributed by atoms with E-state index in [9.17, 15) is 9.18 Å². The maximum Gasteiger partial charge on any atom is 0.276 e. The average molecular weight is 343 g/mol. The van der Waals surface area contributed by atoms with Crippen LogP contribution in [-0.4, -0.2) is 35.1 Å². The lowest BCUT2D eigenvalue weighted by atomic mass is 9.95. The minimum absolute atomic E-state index is 0.0438. The van der Waals surface area contributed by atoms with Gasteiger partial charge in [0.15, 0.2) is 5.69 Å². The molecule has 132 valence electrons. The van der Waals surface area contributed by atoms with Gasteiger partial charge in [-0.3, -0.25) is 4.79 Å². The lowest BCUT2D eigenvalue weighted by molar-refractivity contribution is 0.0703. The molecule has 1 atom stereocenters. The number of nitrogens with zero attached hydrogens (tertiary/aromatic N) is 2. The van der Waals surface area contributed by atoms with Crippen molar-refractivity contribution in [3.8, 4) is 0 Å². The van der Waals surface area contributed by atoms with E-state index in [1.54, 1.807) is 6.07 Å². The molecule has 1 fully saturated rings. The van der Waals surface area contributed by atoms with Gasteiger partial charge in [0.25, 0.3) is 5.91 Å². The SMILES string of the molecule is O=C(c1noc2c1CCCC2)N1CCCC(Nc2cccc(F)c2)C1. The van der Waals surface area contributed by atoms with Crippen molar-refractivity contribution in [3.05, 3.63) is 47.1 Å². The Bertz CT molecular complexity index is 774. The first-order valence-electron chi connectivity index (χ1n) is 8.99. The van der Waals surface area contributed by atoms with Gasteiger partial charge in [0, 0.05) is 36.8 Å². The van der Waals surface area contributed by atoms with Gasteiger partial charge in [0.05, 0.1) is 0 Å². The van der Waals surface area contributed by atoms with Gasteiger partial charge < -0.3 is 14.7 Å². The van der Waals surface area contributed by atoms with Crippen LogP contribution in [0.15, 0.2) is 28.8 Å². The fourth-order valence-corrected chi connectivity index (χ4v) is 3.80. The van der Waals surface area contributed by atoms with Gasteiger partial charge in [0.1, 0.15) is 11.6 Å². The standard InChI is InChI=1S/C19H22FN3O2/c20-13-5-3-6-14(11-13)21-15-7-4-10-23(12-15)19(24)18-16-8-1-2-9-17(16)25-22-18/h3,5-6,11,15,21H,1-2,4,7-10,12H2. The van der Waals surface area contributed by atoms with Crippen LogP contribution in [0, 0.1) is 5.82 Å². The zero-order valence-electron chi connectivity index (χ0n) is 14.1. The number of piperidine rings is 1. The number of amides is 1. The number of carbonyl (C=O) groups is 1. The Morgan fingerprint density at radius 1 is 1.28 bits per heavy atom. The summed E-state index contributed by atoms with van der Waals surface area (Å²) in [6.45, 7) is 1.32. The van der Waals surface area contributed by atoms with Gasteiger partial charge in [-0.1, -0.05) is 11.2 Å². The molecule has 1 amide bonds. The van der Waals surface area contributed by atoms with E-state index in [1.807, 2.05) is 11.0 Å². The van der Waals surface area contributed by atoms with Gasteiger partial charge in [-0.05, 0) is 50.3 Å². The number of hydrogen-bond donors (Lipinski definition) is 1. The Morgan fingerprint density at radius 2 is 2.16 bits per heavy atom.